The summed E-state index contributed by atoms with van der Waals surface area (Å²) in [6, 6.07) is 1.84. The number of nitrogens with one attached hydrogen (secondary N) is 1. The van der Waals surface area contributed by atoms with Crippen molar-refractivity contribution in [1.29, 1.82) is 5.41 Å². The van der Waals surface area contributed by atoms with E-state index in [0.29, 0.717) is 11.5 Å². The maximum Gasteiger partial charge on any atom is 0.233 e. The van der Waals surface area contributed by atoms with Gasteiger partial charge in [0.25, 0.3) is 0 Å². The van der Waals surface area contributed by atoms with E-state index in [1.165, 1.54) is 11.8 Å². The third-order valence-electron chi connectivity index (χ3n) is 1.66. The molecule has 0 aromatic carbocycles. The predicted molar refractivity (Wildman–Crippen MR) is 70.7 cm³/mol. The number of thioether (sulfide) groups is 1. The standard InChI is InChI=1S/C8H9N5S.2ClH/c9-7(10)14-5-6-4-13-3-1-2-11-8(13)12-6;;/h1-4H,5H2,(H3,9,10);2*1H. The molecule has 2 heterocycles. The van der Waals surface area contributed by atoms with Crippen molar-refractivity contribution >= 4 is 47.5 Å². The molecule has 0 unspecified atom stereocenters. The predicted octanol–water partition coefficient (Wildman–Crippen LogP) is 1.70. The highest BCUT2D eigenvalue weighted by Crippen LogP contribution is 2.10. The van der Waals surface area contributed by atoms with E-state index in [1.54, 1.807) is 6.20 Å². The Morgan fingerprint density at radius 2 is 2.25 bits per heavy atom. The second kappa shape index (κ2) is 6.57. The quantitative estimate of drug-likeness (QED) is 0.648. The van der Waals surface area contributed by atoms with Crippen LogP contribution in [0.5, 0.6) is 0 Å². The van der Waals surface area contributed by atoms with Crippen LogP contribution in [0.15, 0.2) is 24.7 Å². The molecule has 0 aliphatic rings. The molecule has 8 heteroatoms. The first-order chi connectivity index (χ1) is 6.75. The average molecular weight is 280 g/mol. The Kier molecular flexibility index (Phi) is 6.17. The van der Waals surface area contributed by atoms with Gasteiger partial charge in [-0.15, -0.1) is 24.8 Å². The van der Waals surface area contributed by atoms with E-state index < -0.39 is 0 Å². The Hall–Kier alpha value is -0.980. The summed E-state index contributed by atoms with van der Waals surface area (Å²) in [5, 5.41) is 7.18. The zero-order valence-corrected chi connectivity index (χ0v) is 10.6. The van der Waals surface area contributed by atoms with Crippen LogP contribution in [-0.2, 0) is 5.75 Å². The summed E-state index contributed by atoms with van der Waals surface area (Å²) in [6.45, 7) is 0. The minimum atomic E-state index is 0. The van der Waals surface area contributed by atoms with Crippen molar-refractivity contribution in [3.63, 3.8) is 0 Å². The molecule has 0 saturated heterocycles. The molecule has 0 bridgehead atoms. The normalized spacial score (nSPS) is 9.25. The molecular weight excluding hydrogens is 269 g/mol. The number of nitrogens with two attached hydrogens (primary N) is 1. The molecule has 0 radical (unpaired) electrons. The second-order valence-electron chi connectivity index (χ2n) is 2.71. The van der Waals surface area contributed by atoms with Crippen molar-refractivity contribution in [2.75, 3.05) is 0 Å². The average Bonchev–Trinajstić information content (AvgIpc) is 2.57. The summed E-state index contributed by atoms with van der Waals surface area (Å²) in [5.41, 5.74) is 6.11. The van der Waals surface area contributed by atoms with Crippen molar-refractivity contribution in [2.45, 2.75) is 5.75 Å². The van der Waals surface area contributed by atoms with Crippen molar-refractivity contribution in [1.82, 2.24) is 14.4 Å². The number of hydrogen-bond acceptors (Lipinski definition) is 4. The van der Waals surface area contributed by atoms with Crippen LogP contribution in [0.3, 0.4) is 0 Å². The fourth-order valence-electron chi connectivity index (χ4n) is 1.10. The van der Waals surface area contributed by atoms with E-state index in [4.69, 9.17) is 11.1 Å². The fourth-order valence-corrected chi connectivity index (χ4v) is 1.54. The number of rotatable bonds is 2. The number of aromatic nitrogens is 3. The summed E-state index contributed by atoms with van der Waals surface area (Å²) < 4.78 is 1.84. The molecule has 0 amide bonds. The lowest BCUT2D eigenvalue weighted by molar-refractivity contribution is 1.11. The number of imidazole rings is 1. The second-order valence-corrected chi connectivity index (χ2v) is 3.73. The van der Waals surface area contributed by atoms with Crippen LogP contribution in [0.25, 0.3) is 5.78 Å². The van der Waals surface area contributed by atoms with Gasteiger partial charge in [-0.3, -0.25) is 9.81 Å². The number of hydrogen-bond donors (Lipinski definition) is 2. The third-order valence-corrected chi connectivity index (χ3v) is 2.41. The molecule has 3 N–H and O–H groups in total. The summed E-state index contributed by atoms with van der Waals surface area (Å²) in [7, 11) is 0. The number of amidine groups is 1. The zero-order chi connectivity index (χ0) is 9.97. The summed E-state index contributed by atoms with van der Waals surface area (Å²) >= 11 is 1.26. The lowest BCUT2D eigenvalue weighted by atomic mass is 10.6. The Labute approximate surface area is 109 Å². The Morgan fingerprint density at radius 3 is 2.88 bits per heavy atom. The molecule has 5 nitrogen and oxygen atoms in total. The largest absolute Gasteiger partial charge is 0.379 e. The van der Waals surface area contributed by atoms with Gasteiger partial charge in [-0.25, -0.2) is 9.97 Å². The Balaban J connectivity index is 0.00000112. The van der Waals surface area contributed by atoms with Gasteiger partial charge in [0, 0.05) is 24.3 Å². The van der Waals surface area contributed by atoms with Gasteiger partial charge < -0.3 is 5.73 Å². The molecular formula is C8H11Cl2N5S. The number of halogens is 2. The van der Waals surface area contributed by atoms with E-state index in [9.17, 15) is 0 Å². The van der Waals surface area contributed by atoms with E-state index >= 15 is 0 Å². The fraction of sp³-hybridized carbons (Fsp3) is 0.125. The van der Waals surface area contributed by atoms with Crippen molar-refractivity contribution in [3.8, 4) is 0 Å². The first kappa shape index (κ1) is 15.0. The van der Waals surface area contributed by atoms with Crippen molar-refractivity contribution in [3.05, 3.63) is 30.4 Å². The van der Waals surface area contributed by atoms with Crippen LogP contribution in [0.4, 0.5) is 0 Å². The SMILES string of the molecule is Cl.Cl.N=C(N)SCc1cn2cccnc2n1. The highest BCUT2D eigenvalue weighted by atomic mass is 35.5. The van der Waals surface area contributed by atoms with Gasteiger partial charge in [0.05, 0.1) is 5.69 Å². The van der Waals surface area contributed by atoms with Gasteiger partial charge >= 0.3 is 0 Å². The van der Waals surface area contributed by atoms with Gasteiger partial charge in [0.1, 0.15) is 0 Å². The van der Waals surface area contributed by atoms with Gasteiger partial charge in [0.2, 0.25) is 5.78 Å². The molecule has 0 atom stereocenters. The molecule has 0 fully saturated rings. The third kappa shape index (κ3) is 3.55. The van der Waals surface area contributed by atoms with Crippen LogP contribution < -0.4 is 5.73 Å². The van der Waals surface area contributed by atoms with Gasteiger partial charge in [-0.1, -0.05) is 11.8 Å². The van der Waals surface area contributed by atoms with E-state index in [0.717, 1.165) is 5.69 Å². The molecule has 0 saturated carbocycles. The molecule has 2 rings (SSSR count). The Bertz CT molecular complexity index is 439. The number of nitrogens with zero attached hydrogens (tertiary/aromatic N) is 3. The molecule has 2 aromatic rings. The van der Waals surface area contributed by atoms with Gasteiger partial charge in [-0.05, 0) is 6.07 Å². The summed E-state index contributed by atoms with van der Waals surface area (Å²) in [5.74, 6) is 1.28. The summed E-state index contributed by atoms with van der Waals surface area (Å²) in [4.78, 5) is 8.35. The van der Waals surface area contributed by atoms with Gasteiger partial charge in [-0.2, -0.15) is 0 Å². The molecule has 16 heavy (non-hydrogen) atoms. The molecule has 0 aliphatic carbocycles. The highest BCUT2D eigenvalue weighted by molar-refractivity contribution is 8.13. The van der Waals surface area contributed by atoms with Crippen LogP contribution in [0.2, 0.25) is 0 Å². The minimum absolute atomic E-state index is 0. The zero-order valence-electron chi connectivity index (χ0n) is 8.16. The Morgan fingerprint density at radius 1 is 1.50 bits per heavy atom. The molecule has 0 aliphatic heterocycles. The first-order valence-electron chi connectivity index (χ1n) is 4.01. The number of fused-ring (bicyclic) bond motifs is 1. The van der Waals surface area contributed by atoms with Crippen LogP contribution in [0.1, 0.15) is 5.69 Å². The molecule has 0 spiro atoms. The maximum absolute atomic E-state index is 7.07. The summed E-state index contributed by atoms with van der Waals surface area (Å²) in [6.07, 6.45) is 5.47. The van der Waals surface area contributed by atoms with Crippen molar-refractivity contribution in [2.24, 2.45) is 5.73 Å². The van der Waals surface area contributed by atoms with Gasteiger partial charge in [0.15, 0.2) is 5.17 Å². The maximum atomic E-state index is 7.07. The topological polar surface area (TPSA) is 80.1 Å². The van der Waals surface area contributed by atoms with E-state index in [-0.39, 0.29) is 30.0 Å². The van der Waals surface area contributed by atoms with Crippen LogP contribution >= 0.6 is 36.6 Å². The van der Waals surface area contributed by atoms with Crippen molar-refractivity contribution < 1.29 is 0 Å². The highest BCUT2D eigenvalue weighted by Gasteiger charge is 2.02. The lowest BCUT2D eigenvalue weighted by Crippen LogP contribution is -2.03. The minimum Gasteiger partial charge on any atom is -0.379 e. The monoisotopic (exact) mass is 279 g/mol. The first-order valence-corrected chi connectivity index (χ1v) is 4.99. The van der Waals surface area contributed by atoms with Crippen LogP contribution in [-0.4, -0.2) is 19.5 Å². The molecule has 2 aromatic heterocycles. The molecule has 88 valence electrons. The lowest BCUT2D eigenvalue weighted by Gasteiger charge is -1.92. The smallest absolute Gasteiger partial charge is 0.233 e. The van der Waals surface area contributed by atoms with E-state index in [2.05, 4.69) is 9.97 Å². The van der Waals surface area contributed by atoms with E-state index in [1.807, 2.05) is 22.9 Å². The van der Waals surface area contributed by atoms with Crippen LogP contribution in [0, 0.1) is 5.41 Å².